The molecular formula is C20H21F2N3O2S. The van der Waals surface area contributed by atoms with Gasteiger partial charge in [-0.15, -0.1) is 10.2 Å². The third-order valence-corrected chi connectivity index (χ3v) is 6.42. The molecule has 0 saturated heterocycles. The van der Waals surface area contributed by atoms with Gasteiger partial charge in [0.05, 0.1) is 12.7 Å². The van der Waals surface area contributed by atoms with E-state index < -0.39 is 17.7 Å². The summed E-state index contributed by atoms with van der Waals surface area (Å²) in [5.41, 5.74) is 0.719. The number of aliphatic hydroxyl groups is 2. The van der Waals surface area contributed by atoms with Crippen LogP contribution in [0.4, 0.5) is 8.78 Å². The van der Waals surface area contributed by atoms with Crippen LogP contribution in [0, 0.1) is 17.6 Å². The summed E-state index contributed by atoms with van der Waals surface area (Å²) in [5.74, 6) is 0.0112. The maximum Gasteiger partial charge on any atom is 0.160 e. The average molecular weight is 405 g/mol. The molecule has 0 bridgehead atoms. The van der Waals surface area contributed by atoms with Crippen LogP contribution in [-0.4, -0.2) is 37.5 Å². The first-order valence-electron chi connectivity index (χ1n) is 9.31. The summed E-state index contributed by atoms with van der Waals surface area (Å²) in [4.78, 5) is 1.16. The Balaban J connectivity index is 1.55. The lowest BCUT2D eigenvalue weighted by Crippen LogP contribution is -2.28. The lowest BCUT2D eigenvalue weighted by molar-refractivity contribution is 0.0298. The molecule has 1 unspecified atom stereocenters. The van der Waals surface area contributed by atoms with E-state index in [0.717, 1.165) is 48.1 Å². The number of halogens is 2. The Morgan fingerprint density at radius 2 is 1.89 bits per heavy atom. The number of rotatable bonds is 5. The van der Waals surface area contributed by atoms with Crippen LogP contribution in [0.3, 0.4) is 0 Å². The molecule has 4 rings (SSSR count). The number of pyridine rings is 1. The Morgan fingerprint density at radius 3 is 2.61 bits per heavy atom. The highest BCUT2D eigenvalue weighted by molar-refractivity contribution is 7.99. The predicted octanol–water partition coefficient (Wildman–Crippen LogP) is 3.79. The van der Waals surface area contributed by atoms with Gasteiger partial charge in [-0.2, -0.15) is 0 Å². The summed E-state index contributed by atoms with van der Waals surface area (Å²) in [5, 5.41) is 27.6. The van der Waals surface area contributed by atoms with Crippen molar-refractivity contribution in [3.8, 4) is 0 Å². The Hall–Kier alpha value is -2.03. The van der Waals surface area contributed by atoms with Crippen molar-refractivity contribution < 1.29 is 19.0 Å². The molecule has 0 amide bonds. The zero-order valence-corrected chi connectivity index (χ0v) is 15.9. The second-order valence-electron chi connectivity index (χ2n) is 7.19. The van der Waals surface area contributed by atoms with Crippen molar-refractivity contribution in [3.63, 3.8) is 0 Å². The molecule has 28 heavy (non-hydrogen) atoms. The molecule has 5 nitrogen and oxygen atoms in total. The standard InChI is InChI=1S/C20H21F2N3O2S/c21-14-5-7-18(16(22)9-14)28-15-6-8-19-23-24-20(25(19)10-15)13-3-1-12(2-4-13)17(27)11-26/h5-10,12-13,17,26-27H,1-4,11H2. The molecule has 3 aromatic rings. The highest BCUT2D eigenvalue weighted by atomic mass is 32.2. The lowest BCUT2D eigenvalue weighted by atomic mass is 9.79. The van der Waals surface area contributed by atoms with Gasteiger partial charge in [0.2, 0.25) is 0 Å². The van der Waals surface area contributed by atoms with Gasteiger partial charge in [-0.25, -0.2) is 8.78 Å². The second-order valence-corrected chi connectivity index (χ2v) is 8.30. The van der Waals surface area contributed by atoms with Crippen LogP contribution >= 0.6 is 11.8 Å². The Kier molecular flexibility index (Phi) is 5.61. The van der Waals surface area contributed by atoms with Crippen LogP contribution in [0.2, 0.25) is 0 Å². The van der Waals surface area contributed by atoms with Crippen molar-refractivity contribution in [2.24, 2.45) is 5.92 Å². The predicted molar refractivity (Wildman–Crippen MR) is 101 cm³/mol. The minimum Gasteiger partial charge on any atom is -0.394 e. The molecule has 1 aliphatic carbocycles. The number of fused-ring (bicyclic) bond motifs is 1. The summed E-state index contributed by atoms with van der Waals surface area (Å²) in [6.45, 7) is -0.205. The van der Waals surface area contributed by atoms with E-state index in [2.05, 4.69) is 10.2 Å². The normalized spacial score (nSPS) is 21.1. The van der Waals surface area contributed by atoms with E-state index in [4.69, 9.17) is 5.11 Å². The fourth-order valence-electron chi connectivity index (χ4n) is 3.82. The van der Waals surface area contributed by atoms with E-state index >= 15 is 0 Å². The Morgan fingerprint density at radius 1 is 1.11 bits per heavy atom. The lowest BCUT2D eigenvalue weighted by Gasteiger charge is -2.29. The van der Waals surface area contributed by atoms with Crippen LogP contribution in [-0.2, 0) is 0 Å². The maximum absolute atomic E-state index is 14.0. The second kappa shape index (κ2) is 8.14. The van der Waals surface area contributed by atoms with Gasteiger partial charge < -0.3 is 10.2 Å². The van der Waals surface area contributed by atoms with E-state index in [9.17, 15) is 13.9 Å². The summed E-state index contributed by atoms with van der Waals surface area (Å²) < 4.78 is 29.0. The molecule has 148 valence electrons. The fraction of sp³-hybridized carbons (Fsp3) is 0.400. The summed E-state index contributed by atoms with van der Waals surface area (Å²) in [6.07, 6.45) is 4.61. The Labute approximate surface area is 165 Å². The van der Waals surface area contributed by atoms with E-state index in [0.29, 0.717) is 4.90 Å². The van der Waals surface area contributed by atoms with Crippen LogP contribution < -0.4 is 0 Å². The van der Waals surface area contributed by atoms with Gasteiger partial charge in [-0.1, -0.05) is 11.8 Å². The van der Waals surface area contributed by atoms with Crippen LogP contribution in [0.15, 0.2) is 46.3 Å². The van der Waals surface area contributed by atoms with Gasteiger partial charge in [-0.05, 0) is 55.9 Å². The SMILES string of the molecule is OCC(O)C1CCC(c2nnc3ccc(Sc4ccc(F)cc4F)cn23)CC1. The van der Waals surface area contributed by atoms with Crippen LogP contribution in [0.1, 0.15) is 37.4 Å². The highest BCUT2D eigenvalue weighted by Crippen LogP contribution is 2.37. The number of aliphatic hydroxyl groups excluding tert-OH is 2. The first-order valence-corrected chi connectivity index (χ1v) is 10.1. The smallest absolute Gasteiger partial charge is 0.160 e. The summed E-state index contributed by atoms with van der Waals surface area (Å²) in [7, 11) is 0. The van der Waals surface area contributed by atoms with Gasteiger partial charge in [0.1, 0.15) is 17.5 Å². The molecule has 1 atom stereocenters. The number of benzene rings is 1. The summed E-state index contributed by atoms with van der Waals surface area (Å²) >= 11 is 1.22. The van der Waals surface area contributed by atoms with Crippen molar-refractivity contribution in [1.29, 1.82) is 0 Å². The quantitative estimate of drug-likeness (QED) is 0.676. The molecule has 2 aromatic heterocycles. The molecule has 2 heterocycles. The van der Waals surface area contributed by atoms with Gasteiger partial charge >= 0.3 is 0 Å². The molecular weight excluding hydrogens is 384 g/mol. The molecule has 1 aliphatic rings. The van der Waals surface area contributed by atoms with Crippen molar-refractivity contribution in [2.45, 2.75) is 47.5 Å². The van der Waals surface area contributed by atoms with E-state index in [-0.39, 0.29) is 18.4 Å². The molecule has 1 aromatic carbocycles. The topological polar surface area (TPSA) is 70.7 Å². The third kappa shape index (κ3) is 3.90. The number of aromatic nitrogens is 3. The van der Waals surface area contributed by atoms with Crippen molar-refractivity contribution >= 4 is 17.4 Å². The maximum atomic E-state index is 14.0. The number of hydrogen-bond donors (Lipinski definition) is 2. The third-order valence-electron chi connectivity index (χ3n) is 5.39. The molecule has 0 spiro atoms. The zero-order valence-electron chi connectivity index (χ0n) is 15.1. The van der Waals surface area contributed by atoms with Gasteiger partial charge in [0.15, 0.2) is 5.65 Å². The van der Waals surface area contributed by atoms with Gasteiger partial charge in [-0.3, -0.25) is 4.40 Å². The monoisotopic (exact) mass is 405 g/mol. The largest absolute Gasteiger partial charge is 0.394 e. The highest BCUT2D eigenvalue weighted by Gasteiger charge is 2.29. The van der Waals surface area contributed by atoms with Crippen molar-refractivity contribution in [3.05, 3.63) is 54.0 Å². The minimum absolute atomic E-state index is 0.119. The van der Waals surface area contributed by atoms with Gasteiger partial charge in [0, 0.05) is 28.0 Å². The van der Waals surface area contributed by atoms with Crippen LogP contribution in [0.5, 0.6) is 0 Å². The zero-order chi connectivity index (χ0) is 19.7. The van der Waals surface area contributed by atoms with Gasteiger partial charge in [0.25, 0.3) is 0 Å². The van der Waals surface area contributed by atoms with Crippen LogP contribution in [0.25, 0.3) is 5.65 Å². The van der Waals surface area contributed by atoms with E-state index in [1.807, 2.05) is 22.7 Å². The molecule has 2 N–H and O–H groups in total. The number of nitrogens with zero attached hydrogens (tertiary/aromatic N) is 3. The van der Waals surface area contributed by atoms with Crippen molar-refractivity contribution in [1.82, 2.24) is 14.6 Å². The van der Waals surface area contributed by atoms with E-state index in [1.54, 1.807) is 0 Å². The van der Waals surface area contributed by atoms with Crippen molar-refractivity contribution in [2.75, 3.05) is 6.61 Å². The molecule has 0 radical (unpaired) electrons. The fourth-order valence-corrected chi connectivity index (χ4v) is 4.66. The van der Waals surface area contributed by atoms with E-state index in [1.165, 1.54) is 23.9 Å². The first kappa shape index (κ1) is 19.3. The molecule has 1 fully saturated rings. The number of hydrogen-bond acceptors (Lipinski definition) is 5. The summed E-state index contributed by atoms with van der Waals surface area (Å²) in [6, 6.07) is 7.23. The first-order chi connectivity index (χ1) is 13.5. The molecule has 8 heteroatoms. The molecule has 0 aliphatic heterocycles. The molecule has 1 saturated carbocycles. The average Bonchev–Trinajstić information content (AvgIpc) is 3.13. The minimum atomic E-state index is -0.662. The Bertz CT molecular complexity index is 973.